The van der Waals surface area contributed by atoms with Gasteiger partial charge in [0, 0.05) is 4.57 Å². The Kier molecular flexibility index (Phi) is 7.31. The molecule has 0 aromatic rings. The molecule has 0 aliphatic carbocycles. The third-order valence-electron chi connectivity index (χ3n) is 1.25. The number of aliphatic hydroxyl groups excluding tert-OH is 3. The van der Waals surface area contributed by atoms with Crippen LogP contribution in [0.15, 0.2) is 0 Å². The highest BCUT2D eigenvalue weighted by Crippen LogP contribution is 2.24. The molecular weight excluding hydrogens is 229 g/mol. The molecule has 0 rings (SSSR count). The van der Waals surface area contributed by atoms with Crippen LogP contribution in [0.4, 0.5) is 0 Å². The molecule has 0 aliphatic rings. The summed E-state index contributed by atoms with van der Waals surface area (Å²) in [5, 5.41) is 25.6. The highest BCUT2D eigenvalue weighted by molar-refractivity contribution is 7.34. The molecule has 5 N–H and O–H groups in total. The summed E-state index contributed by atoms with van der Waals surface area (Å²) in [6.45, 7) is -1.64. The van der Waals surface area contributed by atoms with Gasteiger partial charge in [0.2, 0.25) is 0 Å². The number of nitrogens with two attached hydrogens (primary N) is 1. The van der Waals surface area contributed by atoms with Crippen LogP contribution in [0.2, 0.25) is 0 Å². The van der Waals surface area contributed by atoms with Crippen molar-refractivity contribution in [2.75, 3.05) is 19.8 Å². The van der Waals surface area contributed by atoms with Crippen molar-refractivity contribution in [3.05, 3.63) is 0 Å². The third kappa shape index (κ3) is 6.45. The summed E-state index contributed by atoms with van der Waals surface area (Å²) in [6, 6.07) is -1.28. The SMILES string of the molecule is N[C@@H](CO)C(=O)O[P+](=O)OCC(O)CO. The van der Waals surface area contributed by atoms with Crippen LogP contribution in [-0.4, -0.2) is 53.3 Å². The second kappa shape index (κ2) is 7.63. The van der Waals surface area contributed by atoms with Gasteiger partial charge in [-0.2, -0.15) is 4.52 Å². The molecule has 0 spiro atoms. The molecule has 0 amide bonds. The standard InChI is InChI=1S/C6H13NO7P/c7-5(2-9)6(11)14-15(12)13-3-4(10)1-8/h4-5,8-10H,1-3,7H2/q+1/t4?,5-/m0/s1. The molecule has 0 aliphatic heterocycles. The average molecular weight is 242 g/mol. The van der Waals surface area contributed by atoms with E-state index in [0.29, 0.717) is 0 Å². The first-order valence-corrected chi connectivity index (χ1v) is 5.08. The number of hydrogen-bond donors (Lipinski definition) is 4. The van der Waals surface area contributed by atoms with E-state index in [1.165, 1.54) is 0 Å². The fourth-order valence-electron chi connectivity index (χ4n) is 0.442. The molecule has 8 nitrogen and oxygen atoms in total. The first-order valence-electron chi connectivity index (χ1n) is 3.98. The van der Waals surface area contributed by atoms with Gasteiger partial charge in [0.05, 0.1) is 13.2 Å². The number of carbonyl (C=O) groups excluding carboxylic acids is 1. The van der Waals surface area contributed by atoms with Gasteiger partial charge in [-0.05, 0) is 0 Å². The van der Waals surface area contributed by atoms with Crippen molar-refractivity contribution in [2.24, 2.45) is 5.73 Å². The van der Waals surface area contributed by atoms with Crippen LogP contribution in [0, 0.1) is 0 Å². The van der Waals surface area contributed by atoms with Gasteiger partial charge in [0.15, 0.2) is 0 Å². The van der Waals surface area contributed by atoms with Crippen molar-refractivity contribution in [1.82, 2.24) is 0 Å². The normalized spacial score (nSPS) is 15.6. The Hall–Kier alpha value is -0.630. The predicted molar refractivity (Wildman–Crippen MR) is 47.8 cm³/mol. The molecule has 0 aromatic heterocycles. The highest BCUT2D eigenvalue weighted by Gasteiger charge is 2.30. The predicted octanol–water partition coefficient (Wildman–Crippen LogP) is -2.12. The van der Waals surface area contributed by atoms with E-state index in [0.717, 1.165) is 0 Å². The zero-order valence-electron chi connectivity index (χ0n) is 7.78. The van der Waals surface area contributed by atoms with Crippen molar-refractivity contribution in [3.63, 3.8) is 0 Å². The number of hydrogen-bond acceptors (Lipinski definition) is 8. The Balaban J connectivity index is 3.79. The first-order chi connectivity index (χ1) is 7.01. The van der Waals surface area contributed by atoms with E-state index in [4.69, 9.17) is 21.1 Å². The van der Waals surface area contributed by atoms with Crippen LogP contribution in [-0.2, 0) is 18.4 Å². The van der Waals surface area contributed by atoms with E-state index in [-0.39, 0.29) is 0 Å². The fourth-order valence-corrected chi connectivity index (χ4v) is 1.07. The molecule has 0 bridgehead atoms. The average Bonchev–Trinajstić information content (AvgIpc) is 2.24. The molecule has 0 aromatic carbocycles. The first kappa shape index (κ1) is 14.4. The molecule has 0 heterocycles. The molecular formula is C6H13NO7P+. The highest BCUT2D eigenvalue weighted by atomic mass is 31.1. The monoisotopic (exact) mass is 242 g/mol. The Labute approximate surface area is 86.6 Å². The zero-order chi connectivity index (χ0) is 11.8. The lowest BCUT2D eigenvalue weighted by Gasteiger charge is -2.01. The smallest absolute Gasteiger partial charge is 0.394 e. The molecule has 15 heavy (non-hydrogen) atoms. The fraction of sp³-hybridized carbons (Fsp3) is 0.833. The van der Waals surface area contributed by atoms with Crippen molar-refractivity contribution < 1.29 is 33.7 Å². The number of carbonyl (C=O) groups is 1. The minimum absolute atomic E-state index is 0.437. The van der Waals surface area contributed by atoms with Gasteiger partial charge >= 0.3 is 14.2 Å². The van der Waals surface area contributed by atoms with E-state index >= 15 is 0 Å². The van der Waals surface area contributed by atoms with E-state index in [9.17, 15) is 9.36 Å². The lowest BCUT2D eigenvalue weighted by atomic mass is 10.3. The van der Waals surface area contributed by atoms with Crippen LogP contribution in [0.1, 0.15) is 0 Å². The van der Waals surface area contributed by atoms with Crippen LogP contribution < -0.4 is 5.73 Å². The number of rotatable bonds is 7. The van der Waals surface area contributed by atoms with Crippen LogP contribution in [0.3, 0.4) is 0 Å². The van der Waals surface area contributed by atoms with Crippen molar-refractivity contribution >= 4 is 14.2 Å². The van der Waals surface area contributed by atoms with E-state index in [1.54, 1.807) is 0 Å². The van der Waals surface area contributed by atoms with Crippen LogP contribution in [0.25, 0.3) is 0 Å². The largest absolute Gasteiger partial charge is 0.753 e. The van der Waals surface area contributed by atoms with Gasteiger partial charge in [-0.25, -0.2) is 4.79 Å². The topological polar surface area (TPSA) is 139 Å². The number of aliphatic hydroxyl groups is 3. The van der Waals surface area contributed by atoms with E-state index < -0.39 is 46.2 Å². The molecule has 0 saturated carbocycles. The molecule has 88 valence electrons. The molecule has 0 saturated heterocycles. The Morgan fingerprint density at radius 2 is 2.00 bits per heavy atom. The maximum Gasteiger partial charge on any atom is 0.753 e. The quantitative estimate of drug-likeness (QED) is 0.371. The molecule has 0 fully saturated rings. The second-order valence-electron chi connectivity index (χ2n) is 2.56. The summed E-state index contributed by atoms with van der Waals surface area (Å²) in [5.41, 5.74) is 5.05. The van der Waals surface area contributed by atoms with Gasteiger partial charge in [-0.15, -0.1) is 4.52 Å². The molecule has 0 radical (unpaired) electrons. The van der Waals surface area contributed by atoms with Crippen LogP contribution in [0.5, 0.6) is 0 Å². The van der Waals surface area contributed by atoms with E-state index in [2.05, 4.69) is 9.05 Å². The minimum Gasteiger partial charge on any atom is -0.394 e. The lowest BCUT2D eigenvalue weighted by molar-refractivity contribution is -0.137. The Morgan fingerprint density at radius 1 is 1.40 bits per heavy atom. The third-order valence-corrected chi connectivity index (χ3v) is 1.94. The van der Waals surface area contributed by atoms with Gasteiger partial charge < -0.3 is 21.1 Å². The summed E-state index contributed by atoms with van der Waals surface area (Å²) < 4.78 is 19.4. The van der Waals surface area contributed by atoms with Crippen LogP contribution >= 0.6 is 8.25 Å². The van der Waals surface area contributed by atoms with Crippen molar-refractivity contribution in [1.29, 1.82) is 0 Å². The summed E-state index contributed by atoms with van der Waals surface area (Å²) >= 11 is 0. The van der Waals surface area contributed by atoms with E-state index in [1.807, 2.05) is 0 Å². The Morgan fingerprint density at radius 3 is 2.47 bits per heavy atom. The summed E-state index contributed by atoms with van der Waals surface area (Å²) in [4.78, 5) is 10.8. The van der Waals surface area contributed by atoms with Gasteiger partial charge in [0.1, 0.15) is 18.8 Å². The molecule has 3 atom stereocenters. The molecule has 2 unspecified atom stereocenters. The second-order valence-corrected chi connectivity index (χ2v) is 3.44. The summed E-state index contributed by atoms with van der Waals surface area (Å²) in [5.74, 6) is -1.07. The minimum atomic E-state index is -2.76. The maximum absolute atomic E-state index is 10.8. The van der Waals surface area contributed by atoms with Gasteiger partial charge in [-0.3, -0.25) is 0 Å². The lowest BCUT2D eigenvalue weighted by Crippen LogP contribution is -2.34. The molecule has 9 heteroatoms. The van der Waals surface area contributed by atoms with Crippen molar-refractivity contribution in [3.8, 4) is 0 Å². The van der Waals surface area contributed by atoms with Crippen molar-refractivity contribution in [2.45, 2.75) is 12.1 Å². The summed E-state index contributed by atoms with van der Waals surface area (Å²) in [6.07, 6.45) is -1.20. The van der Waals surface area contributed by atoms with Gasteiger partial charge in [0.25, 0.3) is 0 Å². The van der Waals surface area contributed by atoms with Gasteiger partial charge in [-0.1, -0.05) is 0 Å². The zero-order valence-corrected chi connectivity index (χ0v) is 8.67. The maximum atomic E-state index is 10.8. The Bertz CT molecular complexity index is 224. The summed E-state index contributed by atoms with van der Waals surface area (Å²) in [7, 11) is -2.76.